The molecule has 3 nitrogen and oxygen atoms in total. The lowest BCUT2D eigenvalue weighted by Crippen LogP contribution is -2.09. The molecule has 1 unspecified atom stereocenters. The maximum atomic E-state index is 11.8. The summed E-state index contributed by atoms with van der Waals surface area (Å²) in [6.45, 7) is 2.04. The van der Waals surface area contributed by atoms with Crippen LogP contribution in [0.25, 0.3) is 10.8 Å². The monoisotopic (exact) mass is 298 g/mol. The van der Waals surface area contributed by atoms with E-state index >= 15 is 0 Å². The first-order valence-corrected chi connectivity index (χ1v) is 7.15. The number of anilines is 1. The summed E-state index contributed by atoms with van der Waals surface area (Å²) in [6, 6.07) is 15.5. The molecule has 3 aromatic rings. The Morgan fingerprint density at radius 2 is 1.95 bits per heavy atom. The van der Waals surface area contributed by atoms with E-state index in [1.54, 1.807) is 6.20 Å². The van der Waals surface area contributed by atoms with Gasteiger partial charge in [0.1, 0.15) is 0 Å². The lowest BCUT2D eigenvalue weighted by molar-refractivity contribution is 0.885. The lowest BCUT2D eigenvalue weighted by Gasteiger charge is -2.17. The number of hydrogen-bond acceptors (Lipinski definition) is 2. The average molecular weight is 299 g/mol. The smallest absolute Gasteiger partial charge is 0.255 e. The Morgan fingerprint density at radius 1 is 1.14 bits per heavy atom. The summed E-state index contributed by atoms with van der Waals surface area (Å²) in [5.41, 5.74) is 1.84. The molecule has 0 amide bonds. The zero-order valence-electron chi connectivity index (χ0n) is 11.6. The average Bonchev–Trinajstić information content (AvgIpc) is 2.48. The summed E-state index contributed by atoms with van der Waals surface area (Å²) in [5.74, 6) is 0. The first-order valence-electron chi connectivity index (χ1n) is 6.77. The Balaban J connectivity index is 1.93. The van der Waals surface area contributed by atoms with Crippen molar-refractivity contribution in [3.8, 4) is 0 Å². The van der Waals surface area contributed by atoms with Crippen LogP contribution in [-0.2, 0) is 0 Å². The Kier molecular flexibility index (Phi) is 3.67. The summed E-state index contributed by atoms with van der Waals surface area (Å²) in [7, 11) is 0. The minimum absolute atomic E-state index is 0.0546. The minimum Gasteiger partial charge on any atom is -0.378 e. The lowest BCUT2D eigenvalue weighted by atomic mass is 10.1. The van der Waals surface area contributed by atoms with Crippen LogP contribution in [0.2, 0.25) is 5.02 Å². The largest absolute Gasteiger partial charge is 0.378 e. The highest BCUT2D eigenvalue weighted by Gasteiger charge is 2.09. The van der Waals surface area contributed by atoms with Crippen LogP contribution in [0.1, 0.15) is 18.5 Å². The third-order valence-electron chi connectivity index (χ3n) is 3.53. The highest BCUT2D eigenvalue weighted by Crippen LogP contribution is 2.26. The number of benzene rings is 2. The standard InChI is InChI=1S/C17H15ClN2O/c1-11(14-4-2-3-5-16(14)18)20-13-7-6-12-8-9-19-17(21)15(12)10-13/h2-11,20H,1H3,(H,19,21). The van der Waals surface area contributed by atoms with Gasteiger partial charge in [0.15, 0.2) is 0 Å². The topological polar surface area (TPSA) is 44.9 Å². The van der Waals surface area contributed by atoms with Crippen molar-refractivity contribution in [1.29, 1.82) is 0 Å². The molecular weight excluding hydrogens is 284 g/mol. The van der Waals surface area contributed by atoms with Gasteiger partial charge >= 0.3 is 0 Å². The number of H-pyrrole nitrogens is 1. The van der Waals surface area contributed by atoms with Gasteiger partial charge in [-0.15, -0.1) is 0 Å². The second-order valence-corrected chi connectivity index (χ2v) is 5.40. The van der Waals surface area contributed by atoms with Gasteiger partial charge in [0.25, 0.3) is 5.56 Å². The van der Waals surface area contributed by atoms with Gasteiger partial charge in [-0.05, 0) is 42.1 Å². The predicted octanol–water partition coefficient (Wildman–Crippen LogP) is 4.35. The van der Waals surface area contributed by atoms with Gasteiger partial charge in [0, 0.05) is 28.3 Å². The first-order chi connectivity index (χ1) is 10.1. The van der Waals surface area contributed by atoms with Crippen molar-refractivity contribution in [2.75, 3.05) is 5.32 Å². The van der Waals surface area contributed by atoms with Gasteiger partial charge in [-0.2, -0.15) is 0 Å². The van der Waals surface area contributed by atoms with Crippen LogP contribution in [0, 0.1) is 0 Å². The number of pyridine rings is 1. The second-order valence-electron chi connectivity index (χ2n) is 5.00. The summed E-state index contributed by atoms with van der Waals surface area (Å²) >= 11 is 6.21. The Morgan fingerprint density at radius 3 is 2.76 bits per heavy atom. The van der Waals surface area contributed by atoms with E-state index in [1.165, 1.54) is 0 Å². The Hall–Kier alpha value is -2.26. The van der Waals surface area contributed by atoms with Crippen molar-refractivity contribution in [2.24, 2.45) is 0 Å². The van der Waals surface area contributed by atoms with Crippen LogP contribution in [-0.4, -0.2) is 4.98 Å². The van der Waals surface area contributed by atoms with Crippen LogP contribution < -0.4 is 10.9 Å². The third kappa shape index (κ3) is 2.78. The summed E-state index contributed by atoms with van der Waals surface area (Å²) in [6.07, 6.45) is 1.66. The van der Waals surface area contributed by atoms with Gasteiger partial charge in [0.05, 0.1) is 0 Å². The van der Waals surface area contributed by atoms with E-state index in [-0.39, 0.29) is 11.6 Å². The van der Waals surface area contributed by atoms with Gasteiger partial charge in [0.2, 0.25) is 0 Å². The van der Waals surface area contributed by atoms with Crippen molar-refractivity contribution < 1.29 is 0 Å². The fourth-order valence-electron chi connectivity index (χ4n) is 2.43. The molecule has 0 aliphatic carbocycles. The molecule has 0 fully saturated rings. The van der Waals surface area contributed by atoms with E-state index < -0.39 is 0 Å². The highest BCUT2D eigenvalue weighted by atomic mass is 35.5. The van der Waals surface area contributed by atoms with E-state index in [4.69, 9.17) is 11.6 Å². The Bertz CT molecular complexity index is 841. The molecule has 3 rings (SSSR count). The summed E-state index contributed by atoms with van der Waals surface area (Å²) in [5, 5.41) is 5.71. The van der Waals surface area contributed by atoms with Gasteiger partial charge in [-0.3, -0.25) is 4.79 Å². The molecule has 1 heterocycles. The van der Waals surface area contributed by atoms with Crippen molar-refractivity contribution in [2.45, 2.75) is 13.0 Å². The number of aromatic amines is 1. The van der Waals surface area contributed by atoms with Crippen LogP contribution in [0.15, 0.2) is 59.5 Å². The molecule has 0 saturated heterocycles. The third-order valence-corrected chi connectivity index (χ3v) is 3.87. The molecule has 1 aromatic heterocycles. The number of halogens is 1. The van der Waals surface area contributed by atoms with E-state index in [0.29, 0.717) is 5.39 Å². The van der Waals surface area contributed by atoms with Crippen molar-refractivity contribution >= 4 is 28.1 Å². The quantitative estimate of drug-likeness (QED) is 0.755. The van der Waals surface area contributed by atoms with Gasteiger partial charge in [-0.25, -0.2) is 0 Å². The van der Waals surface area contributed by atoms with Crippen LogP contribution in [0.5, 0.6) is 0 Å². The van der Waals surface area contributed by atoms with Gasteiger partial charge < -0.3 is 10.3 Å². The normalized spacial score (nSPS) is 12.3. The number of hydrogen-bond donors (Lipinski definition) is 2. The fraction of sp³-hybridized carbons (Fsp3) is 0.118. The number of fused-ring (bicyclic) bond motifs is 1. The van der Waals surface area contributed by atoms with Crippen LogP contribution in [0.4, 0.5) is 5.69 Å². The molecule has 4 heteroatoms. The maximum Gasteiger partial charge on any atom is 0.255 e. The minimum atomic E-state index is -0.0819. The summed E-state index contributed by atoms with van der Waals surface area (Å²) in [4.78, 5) is 14.5. The maximum absolute atomic E-state index is 11.8. The second kappa shape index (κ2) is 5.62. The molecule has 106 valence electrons. The number of rotatable bonds is 3. The molecule has 21 heavy (non-hydrogen) atoms. The van der Waals surface area contributed by atoms with Gasteiger partial charge in [-0.1, -0.05) is 35.9 Å². The molecule has 0 bridgehead atoms. The van der Waals surface area contributed by atoms with E-state index in [0.717, 1.165) is 21.7 Å². The molecule has 0 radical (unpaired) electrons. The van der Waals surface area contributed by atoms with Crippen molar-refractivity contribution in [3.63, 3.8) is 0 Å². The molecule has 0 spiro atoms. The predicted molar refractivity (Wildman–Crippen MR) is 88.1 cm³/mol. The molecule has 0 saturated carbocycles. The molecule has 1 atom stereocenters. The summed E-state index contributed by atoms with van der Waals surface area (Å²) < 4.78 is 0. The SMILES string of the molecule is CC(Nc1ccc2cc[nH]c(=O)c2c1)c1ccccc1Cl. The van der Waals surface area contributed by atoms with Crippen molar-refractivity contribution in [1.82, 2.24) is 4.98 Å². The zero-order chi connectivity index (χ0) is 14.8. The fourth-order valence-corrected chi connectivity index (χ4v) is 2.73. The van der Waals surface area contributed by atoms with E-state index in [2.05, 4.69) is 10.3 Å². The van der Waals surface area contributed by atoms with Crippen molar-refractivity contribution in [3.05, 3.63) is 75.7 Å². The highest BCUT2D eigenvalue weighted by molar-refractivity contribution is 6.31. The molecular formula is C17H15ClN2O. The first kappa shape index (κ1) is 13.7. The Labute approximate surface area is 127 Å². The molecule has 0 aliphatic rings. The van der Waals surface area contributed by atoms with Crippen LogP contribution in [0.3, 0.4) is 0 Å². The number of aromatic nitrogens is 1. The molecule has 2 N–H and O–H groups in total. The molecule has 2 aromatic carbocycles. The van der Waals surface area contributed by atoms with E-state index in [1.807, 2.05) is 55.5 Å². The zero-order valence-corrected chi connectivity index (χ0v) is 12.3. The van der Waals surface area contributed by atoms with Crippen LogP contribution >= 0.6 is 11.6 Å². The number of nitrogens with one attached hydrogen (secondary N) is 2. The van der Waals surface area contributed by atoms with E-state index in [9.17, 15) is 4.79 Å². The molecule has 0 aliphatic heterocycles.